The summed E-state index contributed by atoms with van der Waals surface area (Å²) in [5.74, 6) is -36.9. The summed E-state index contributed by atoms with van der Waals surface area (Å²) >= 11 is 1.42. The van der Waals surface area contributed by atoms with Gasteiger partial charge in [0.05, 0.1) is 45.6 Å². The number of benzene rings is 4. The zero-order valence-corrected chi connectivity index (χ0v) is 55.3. The maximum absolute atomic E-state index is 14.7. The van der Waals surface area contributed by atoms with Crippen LogP contribution < -0.4 is 66.8 Å². The van der Waals surface area contributed by atoms with Gasteiger partial charge < -0.3 is 86.7 Å². The minimum atomic E-state index is -6.08. The van der Waals surface area contributed by atoms with E-state index in [9.17, 15) is 158 Å². The van der Waals surface area contributed by atoms with E-state index in [2.05, 4.69) is 77.8 Å². The van der Waals surface area contributed by atoms with Crippen molar-refractivity contribution in [1.82, 2.24) is 39.9 Å². The molecule has 20 nitrogen and oxygen atoms in total. The Labute approximate surface area is 609 Å². The van der Waals surface area contributed by atoms with Gasteiger partial charge in [-0.25, -0.2) is 9.97 Å². The van der Waals surface area contributed by atoms with Crippen molar-refractivity contribution in [3.63, 3.8) is 0 Å². The fourth-order valence-electron chi connectivity index (χ4n) is 9.53. The molecule has 0 saturated heterocycles. The molecule has 4 aromatic carbocycles. The number of hydrogen-bond acceptors (Lipinski definition) is 18. The second-order valence-electron chi connectivity index (χ2n) is 22.2. The molecule has 0 atom stereocenters. The van der Waals surface area contributed by atoms with Crippen molar-refractivity contribution in [2.75, 3.05) is 79.3 Å². The quantitative estimate of drug-likeness (QED) is 0.0406. The molecular weight excluding hydrogens is 1790 g/mol. The lowest BCUT2D eigenvalue weighted by molar-refractivity contribution is -0.162. The van der Waals surface area contributed by atoms with Crippen LogP contribution in [0, 0.1) is 3.57 Å². The molecule has 57 heteroatoms. The standard InChI is InChI=1S/C56H27F36IN8O12/c57-45(58,59)4-102-25-19-21(27(104-6-47(63,64)65)33(110-12-53(81,82)83)31(25)108-10-51(75,76)77)41-97-39(19)95-37-17-2-1-16(93)3-18(17)38(94-37)96-40-20-22(28(105-7-48(66,67)68)34(111-13-54(84,85)86)32(109-11-52(78,79)80)26(20)103-5-46(60,61)62)42(98-40)100-44-24-23(43(99-41)101-44)29(106-8-49(69,70)71)35(112-14-55(87,88)89)36(113-15-56(90,91)92)30(24)107-9-50(72,73)74/h1-3H,4-15H2/q-2. The fourth-order valence-corrected chi connectivity index (χ4v) is 10.0. The van der Waals surface area contributed by atoms with Gasteiger partial charge in [-0.05, 0) is 45.5 Å². The van der Waals surface area contributed by atoms with Crippen molar-refractivity contribution < 1.29 is 215 Å². The highest BCUT2D eigenvalue weighted by atomic mass is 127. The molecule has 7 aromatic rings. The van der Waals surface area contributed by atoms with E-state index in [0.29, 0.717) is 0 Å². The molecule has 113 heavy (non-hydrogen) atoms. The van der Waals surface area contributed by atoms with Gasteiger partial charge in [0.2, 0.25) is 34.5 Å². The maximum atomic E-state index is 14.7. The first-order chi connectivity index (χ1) is 51.4. The average Bonchev–Trinajstić information content (AvgIpc) is 1.58. The molecule has 0 amide bonds. The number of fused-ring (bicyclic) bond motifs is 20. The first-order valence-corrected chi connectivity index (χ1v) is 30.0. The van der Waals surface area contributed by atoms with Crippen LogP contribution in [0.25, 0.3) is 89.7 Å². The fraction of sp³-hybridized carbons (Fsp3) is 0.429. The van der Waals surface area contributed by atoms with Crippen molar-refractivity contribution in [2.45, 2.75) is 74.1 Å². The van der Waals surface area contributed by atoms with E-state index in [1.807, 2.05) is 0 Å². The molecule has 8 bridgehead atoms. The van der Waals surface area contributed by atoms with Crippen molar-refractivity contribution in [3.05, 3.63) is 21.8 Å². The van der Waals surface area contributed by atoms with Crippen molar-refractivity contribution in [1.29, 1.82) is 0 Å². The molecule has 0 spiro atoms. The molecule has 3 aromatic heterocycles. The molecule has 5 heterocycles. The monoisotopic (exact) mass is 1810 g/mol. The molecule has 0 N–H and O–H groups in total. The summed E-state index contributed by atoms with van der Waals surface area (Å²) < 4.78 is 576. The molecular formula is C56H27F36IN8O12-2. The minimum absolute atomic E-state index is 0.124. The van der Waals surface area contributed by atoms with Crippen LogP contribution in [0.1, 0.15) is 0 Å². The van der Waals surface area contributed by atoms with Crippen LogP contribution in [0.2, 0.25) is 0 Å². The van der Waals surface area contributed by atoms with Gasteiger partial charge in [-0.1, -0.05) is 6.07 Å². The molecule has 0 fully saturated rings. The van der Waals surface area contributed by atoms with Crippen LogP contribution in [0.3, 0.4) is 0 Å². The Bertz CT molecular complexity index is 4880. The Morgan fingerprint density at radius 2 is 0.398 bits per heavy atom. The second kappa shape index (κ2) is 30.8. The van der Waals surface area contributed by atoms with Crippen LogP contribution in [0.15, 0.2) is 18.2 Å². The van der Waals surface area contributed by atoms with E-state index in [0.717, 1.165) is 18.2 Å². The van der Waals surface area contributed by atoms with E-state index >= 15 is 0 Å². The van der Waals surface area contributed by atoms with E-state index < -0.39 is 312 Å². The van der Waals surface area contributed by atoms with Gasteiger partial charge in [0.15, 0.2) is 114 Å². The number of nitrogens with zero attached hydrogens (tertiary/aromatic N) is 8. The Hall–Kier alpha value is -9.95. The van der Waals surface area contributed by atoms with Gasteiger partial charge >= 0.3 is 74.1 Å². The van der Waals surface area contributed by atoms with Crippen LogP contribution in [-0.2, 0) is 0 Å². The lowest BCUT2D eigenvalue weighted by Gasteiger charge is -2.25. The van der Waals surface area contributed by atoms with Gasteiger partial charge in [-0.15, -0.1) is 0 Å². The summed E-state index contributed by atoms with van der Waals surface area (Å²) in [5, 5.41) is -5.99. The second-order valence-corrected chi connectivity index (χ2v) is 23.5. The first-order valence-electron chi connectivity index (χ1n) is 29.0. The van der Waals surface area contributed by atoms with E-state index in [1.165, 1.54) is 22.6 Å². The Morgan fingerprint density at radius 1 is 0.221 bits per heavy atom. The highest BCUT2D eigenvalue weighted by Gasteiger charge is 2.47. The number of hydrogen-bond donors (Lipinski definition) is 0. The molecule has 2 aliphatic heterocycles. The third kappa shape index (κ3) is 22.9. The summed E-state index contributed by atoms with van der Waals surface area (Å²) in [4.78, 5) is 30.3. The predicted molar refractivity (Wildman–Crippen MR) is 305 cm³/mol. The summed E-state index contributed by atoms with van der Waals surface area (Å²) in [7, 11) is 0. The molecule has 0 saturated carbocycles. The third-order valence-electron chi connectivity index (χ3n) is 13.0. The summed E-state index contributed by atoms with van der Waals surface area (Å²) in [6.45, 7) is -36.9. The predicted octanol–water partition coefficient (Wildman–Crippen LogP) is 18.0. The van der Waals surface area contributed by atoms with Crippen LogP contribution in [0.5, 0.6) is 69.0 Å². The lowest BCUT2D eigenvalue weighted by Crippen LogP contribution is -2.25. The van der Waals surface area contributed by atoms with Crippen LogP contribution >= 0.6 is 22.6 Å². The van der Waals surface area contributed by atoms with Gasteiger partial charge in [-0.2, -0.15) is 158 Å². The number of ether oxygens (including phenoxy) is 12. The normalized spacial score (nSPS) is 13.6. The Kier molecular flexibility index (Phi) is 23.7. The van der Waals surface area contributed by atoms with Gasteiger partial charge in [0, 0.05) is 36.9 Å². The SMILES string of the molecule is FC(F)(F)COc1c(OCC(F)(F)F)c(OCC(F)(F)F)c2c(c1OCC(F)(F)F)-c1nc-2nc2[n-]c(nc3nc(nc4[n-]c(n1)c1ccc(I)cc41)-c1c(OCC(F)(F)F)c(OCC(F)(F)F)c(OCC(F)(F)F)c(OCC(F)(F)F)c1-3)c1c(OCC(F)(F)F)c(OCC(F)(F)F)c(OCC(F)(F)F)c(OCC(F)(F)F)c21. The highest BCUT2D eigenvalue weighted by molar-refractivity contribution is 14.1. The smallest absolute Gasteiger partial charge is 0.422 e. The zero-order valence-electron chi connectivity index (χ0n) is 53.2. The molecule has 0 radical (unpaired) electrons. The highest BCUT2D eigenvalue weighted by Crippen LogP contribution is 2.62. The molecule has 2 aliphatic rings. The van der Waals surface area contributed by atoms with E-state index in [4.69, 9.17) is 18.9 Å². The van der Waals surface area contributed by atoms with Crippen LogP contribution in [0.4, 0.5) is 158 Å². The first kappa shape index (κ1) is 87.0. The lowest BCUT2D eigenvalue weighted by atomic mass is 10.0. The molecule has 624 valence electrons. The van der Waals surface area contributed by atoms with Gasteiger partial charge in [-0.3, -0.25) is 0 Å². The van der Waals surface area contributed by atoms with E-state index in [-0.39, 0.29) is 3.57 Å². The third-order valence-corrected chi connectivity index (χ3v) is 13.7. The minimum Gasteiger partial charge on any atom is -0.479 e. The number of alkyl halides is 36. The Balaban J connectivity index is 1.73. The van der Waals surface area contributed by atoms with E-state index in [1.54, 1.807) is 0 Å². The number of rotatable bonds is 24. The summed E-state index contributed by atoms with van der Waals surface area (Å²) in [5.41, 5.74) is -15.0. The molecule has 9 rings (SSSR count). The zero-order chi connectivity index (χ0) is 84.5. The Morgan fingerprint density at radius 3 is 0.619 bits per heavy atom. The summed E-state index contributed by atoms with van der Waals surface area (Å²) in [6.07, 6.45) is -71.7. The van der Waals surface area contributed by atoms with Crippen molar-refractivity contribution in [2.24, 2.45) is 0 Å². The van der Waals surface area contributed by atoms with Crippen molar-refractivity contribution >= 4 is 66.7 Å². The van der Waals surface area contributed by atoms with Crippen molar-refractivity contribution in [3.8, 4) is 115 Å². The maximum Gasteiger partial charge on any atom is 0.422 e. The average molecular weight is 1810 g/mol. The van der Waals surface area contributed by atoms with Gasteiger partial charge in [0.25, 0.3) is 0 Å². The molecule has 0 unspecified atom stereocenters. The summed E-state index contributed by atoms with van der Waals surface area (Å²) in [6, 6.07) is 2.62. The van der Waals surface area contributed by atoms with Crippen LogP contribution in [-0.4, -0.2) is 183 Å². The number of aromatic nitrogens is 8. The topological polar surface area (TPSA) is 216 Å². The molecule has 0 aliphatic carbocycles. The largest absolute Gasteiger partial charge is 0.479 e. The number of halogens is 37. The van der Waals surface area contributed by atoms with Gasteiger partial charge in [0.1, 0.15) is 0 Å².